The summed E-state index contributed by atoms with van der Waals surface area (Å²) < 4.78 is 5.83. The van der Waals surface area contributed by atoms with Gasteiger partial charge in [-0.05, 0) is 54.8 Å². The third kappa shape index (κ3) is 3.19. The summed E-state index contributed by atoms with van der Waals surface area (Å²) in [6.07, 6.45) is 3.64. The lowest BCUT2D eigenvalue weighted by atomic mass is 10.1. The Morgan fingerprint density at radius 2 is 1.70 bits per heavy atom. The van der Waals surface area contributed by atoms with Crippen molar-refractivity contribution in [2.75, 3.05) is 0 Å². The Hall–Kier alpha value is -2.03. The minimum absolute atomic E-state index is 0.0959. The molecule has 0 saturated heterocycles. The van der Waals surface area contributed by atoms with Crippen LogP contribution >= 0.6 is 23.2 Å². The van der Waals surface area contributed by atoms with Gasteiger partial charge in [-0.1, -0.05) is 41.4 Å². The molecule has 0 unspecified atom stereocenters. The van der Waals surface area contributed by atoms with E-state index in [0.717, 1.165) is 16.7 Å². The molecule has 1 aromatic heterocycles. The van der Waals surface area contributed by atoms with Crippen LogP contribution in [0.4, 0.5) is 0 Å². The molecule has 0 saturated carbocycles. The van der Waals surface area contributed by atoms with Crippen LogP contribution in [0.1, 0.15) is 22.5 Å². The van der Waals surface area contributed by atoms with Crippen molar-refractivity contribution in [3.05, 3.63) is 79.1 Å². The monoisotopic (exact) mass is 344 g/mol. The SMILES string of the molecule is Cc1cc2oc(/C=C/c3ccc(Cl)cc3)cc(=O)c2c(C)c1Cl. The summed E-state index contributed by atoms with van der Waals surface area (Å²) in [5, 5.41) is 1.82. The van der Waals surface area contributed by atoms with Gasteiger partial charge in [0.05, 0.1) is 5.39 Å². The molecule has 0 spiro atoms. The van der Waals surface area contributed by atoms with E-state index in [9.17, 15) is 4.79 Å². The summed E-state index contributed by atoms with van der Waals surface area (Å²) in [7, 11) is 0. The lowest BCUT2D eigenvalue weighted by molar-refractivity contribution is 0.590. The topological polar surface area (TPSA) is 30.2 Å². The fourth-order valence-electron chi connectivity index (χ4n) is 2.50. The molecular weight excluding hydrogens is 331 g/mol. The molecular formula is C19H14Cl2O2. The van der Waals surface area contributed by atoms with E-state index in [1.807, 2.05) is 44.2 Å². The van der Waals surface area contributed by atoms with Gasteiger partial charge in [-0.15, -0.1) is 0 Å². The molecule has 116 valence electrons. The molecule has 0 amide bonds. The maximum Gasteiger partial charge on any atom is 0.193 e. The summed E-state index contributed by atoms with van der Waals surface area (Å²) >= 11 is 12.1. The Balaban J connectivity index is 2.08. The highest BCUT2D eigenvalue weighted by molar-refractivity contribution is 6.33. The van der Waals surface area contributed by atoms with E-state index in [1.54, 1.807) is 12.1 Å². The number of rotatable bonds is 2. The quantitative estimate of drug-likeness (QED) is 0.580. The van der Waals surface area contributed by atoms with Gasteiger partial charge in [0.15, 0.2) is 5.43 Å². The molecule has 4 heteroatoms. The third-order valence-electron chi connectivity index (χ3n) is 3.70. The second-order valence-corrected chi connectivity index (χ2v) is 6.22. The Labute approximate surface area is 144 Å². The van der Waals surface area contributed by atoms with Crippen molar-refractivity contribution in [1.82, 2.24) is 0 Å². The van der Waals surface area contributed by atoms with Gasteiger partial charge in [0.25, 0.3) is 0 Å². The third-order valence-corrected chi connectivity index (χ3v) is 4.54. The first-order valence-corrected chi connectivity index (χ1v) is 7.88. The molecule has 0 atom stereocenters. The van der Waals surface area contributed by atoms with Gasteiger partial charge < -0.3 is 4.42 Å². The standard InChI is InChI=1S/C19H14Cl2O2/c1-11-9-17-18(12(2)19(11)21)16(22)10-15(23-17)8-5-13-3-6-14(20)7-4-13/h3-10H,1-2H3/b8-5+. The summed E-state index contributed by atoms with van der Waals surface area (Å²) in [5.74, 6) is 0.499. The number of hydrogen-bond donors (Lipinski definition) is 0. The fourth-order valence-corrected chi connectivity index (χ4v) is 2.78. The first-order chi connectivity index (χ1) is 11.0. The van der Waals surface area contributed by atoms with E-state index in [0.29, 0.717) is 26.8 Å². The second kappa shape index (κ2) is 6.23. The molecule has 2 nitrogen and oxygen atoms in total. The van der Waals surface area contributed by atoms with Crippen molar-refractivity contribution >= 4 is 46.3 Å². The van der Waals surface area contributed by atoms with E-state index in [-0.39, 0.29) is 5.43 Å². The minimum Gasteiger partial charge on any atom is -0.456 e. The average Bonchev–Trinajstić information content (AvgIpc) is 2.51. The Morgan fingerprint density at radius 1 is 1.00 bits per heavy atom. The van der Waals surface area contributed by atoms with Crippen LogP contribution in [0.2, 0.25) is 10.0 Å². The molecule has 3 rings (SSSR count). The molecule has 0 radical (unpaired) electrons. The van der Waals surface area contributed by atoms with Crippen molar-refractivity contribution in [2.24, 2.45) is 0 Å². The maximum atomic E-state index is 12.4. The summed E-state index contributed by atoms with van der Waals surface area (Å²) in [6, 6.07) is 10.7. The van der Waals surface area contributed by atoms with Crippen LogP contribution in [-0.4, -0.2) is 0 Å². The lowest BCUT2D eigenvalue weighted by Gasteiger charge is -2.07. The van der Waals surface area contributed by atoms with Crippen molar-refractivity contribution in [3.63, 3.8) is 0 Å². The Bertz CT molecular complexity index is 967. The van der Waals surface area contributed by atoms with Crippen molar-refractivity contribution in [3.8, 4) is 0 Å². The van der Waals surface area contributed by atoms with Gasteiger partial charge in [-0.3, -0.25) is 4.79 Å². The van der Waals surface area contributed by atoms with E-state index >= 15 is 0 Å². The van der Waals surface area contributed by atoms with Gasteiger partial charge in [-0.2, -0.15) is 0 Å². The molecule has 23 heavy (non-hydrogen) atoms. The van der Waals surface area contributed by atoms with Gasteiger partial charge in [0.2, 0.25) is 0 Å². The number of aryl methyl sites for hydroxylation is 2. The van der Waals surface area contributed by atoms with Gasteiger partial charge in [-0.25, -0.2) is 0 Å². The van der Waals surface area contributed by atoms with E-state index in [2.05, 4.69) is 0 Å². The van der Waals surface area contributed by atoms with Crippen LogP contribution in [0.15, 0.2) is 45.6 Å². The molecule has 0 aliphatic carbocycles. The van der Waals surface area contributed by atoms with Crippen LogP contribution in [0.25, 0.3) is 23.1 Å². The molecule has 3 aromatic rings. The molecule has 0 fully saturated rings. The van der Waals surface area contributed by atoms with Gasteiger partial charge in [0.1, 0.15) is 11.3 Å². The molecule has 2 aromatic carbocycles. The zero-order chi connectivity index (χ0) is 16.6. The molecule has 1 heterocycles. The van der Waals surface area contributed by atoms with E-state index in [1.165, 1.54) is 6.07 Å². The number of hydrogen-bond acceptors (Lipinski definition) is 2. The van der Waals surface area contributed by atoms with Gasteiger partial charge >= 0.3 is 0 Å². The molecule has 0 bridgehead atoms. The molecule has 0 N–H and O–H groups in total. The zero-order valence-electron chi connectivity index (χ0n) is 12.7. The van der Waals surface area contributed by atoms with Crippen molar-refractivity contribution < 1.29 is 4.42 Å². The normalized spacial score (nSPS) is 11.5. The maximum absolute atomic E-state index is 12.4. The predicted molar refractivity (Wildman–Crippen MR) is 97.3 cm³/mol. The largest absolute Gasteiger partial charge is 0.456 e. The first kappa shape index (κ1) is 15.9. The predicted octanol–water partition coefficient (Wildman–Crippen LogP) is 5.89. The lowest BCUT2D eigenvalue weighted by Crippen LogP contribution is -2.03. The number of benzene rings is 2. The van der Waals surface area contributed by atoms with Crippen LogP contribution in [-0.2, 0) is 0 Å². The average molecular weight is 345 g/mol. The van der Waals surface area contributed by atoms with Crippen LogP contribution in [0.3, 0.4) is 0 Å². The highest BCUT2D eigenvalue weighted by Crippen LogP contribution is 2.27. The molecule has 0 aliphatic rings. The van der Waals surface area contributed by atoms with Gasteiger partial charge in [0, 0.05) is 16.1 Å². The Kier molecular flexibility index (Phi) is 4.29. The van der Waals surface area contributed by atoms with E-state index in [4.69, 9.17) is 27.6 Å². The highest BCUT2D eigenvalue weighted by atomic mass is 35.5. The fraction of sp³-hybridized carbons (Fsp3) is 0.105. The minimum atomic E-state index is -0.0959. The zero-order valence-corrected chi connectivity index (χ0v) is 14.2. The van der Waals surface area contributed by atoms with Crippen molar-refractivity contribution in [2.45, 2.75) is 13.8 Å². The first-order valence-electron chi connectivity index (χ1n) is 7.13. The van der Waals surface area contributed by atoms with Crippen LogP contribution in [0.5, 0.6) is 0 Å². The number of halogens is 2. The van der Waals surface area contributed by atoms with Crippen LogP contribution in [0, 0.1) is 13.8 Å². The van der Waals surface area contributed by atoms with E-state index < -0.39 is 0 Å². The highest BCUT2D eigenvalue weighted by Gasteiger charge is 2.11. The van der Waals surface area contributed by atoms with Crippen LogP contribution < -0.4 is 5.43 Å². The van der Waals surface area contributed by atoms with Crippen molar-refractivity contribution in [1.29, 1.82) is 0 Å². The Morgan fingerprint density at radius 3 is 2.39 bits per heavy atom. The molecule has 0 aliphatic heterocycles. The summed E-state index contributed by atoms with van der Waals surface area (Å²) in [4.78, 5) is 12.4. The smallest absolute Gasteiger partial charge is 0.193 e. The summed E-state index contributed by atoms with van der Waals surface area (Å²) in [5.41, 5.74) is 3.07. The summed E-state index contributed by atoms with van der Waals surface area (Å²) in [6.45, 7) is 3.73. The second-order valence-electron chi connectivity index (χ2n) is 5.40. The number of fused-ring (bicyclic) bond motifs is 1.